The highest BCUT2D eigenvalue weighted by Crippen LogP contribution is 2.36. The largest absolute Gasteiger partial charge is 0.370 e. The Balaban J connectivity index is 2.22. The van der Waals surface area contributed by atoms with E-state index in [2.05, 4.69) is 5.32 Å². The number of hydrogen-bond acceptors (Lipinski definition) is 3. The molecule has 0 radical (unpaired) electrons. The molecule has 0 aliphatic heterocycles. The van der Waals surface area contributed by atoms with E-state index < -0.39 is 29.2 Å². The second-order valence-electron chi connectivity index (χ2n) is 7.07. The first-order valence-electron chi connectivity index (χ1n) is 9.53. The minimum Gasteiger partial charge on any atom is -0.370 e. The van der Waals surface area contributed by atoms with Crippen molar-refractivity contribution in [1.82, 2.24) is 9.88 Å². The SMILES string of the molecule is Cc1c(F)ccc(F)c1-c1c(C(=O)NCCC(N)=O)cn(C)c1C(=O)c1ccccc1. The lowest BCUT2D eigenvalue weighted by molar-refractivity contribution is -0.117. The summed E-state index contributed by atoms with van der Waals surface area (Å²) in [6.45, 7) is 1.35. The molecule has 0 bridgehead atoms. The van der Waals surface area contributed by atoms with Crippen LogP contribution in [0, 0.1) is 18.6 Å². The zero-order valence-electron chi connectivity index (χ0n) is 17.0. The van der Waals surface area contributed by atoms with Crippen molar-refractivity contribution in [3.05, 3.63) is 82.7 Å². The second kappa shape index (κ2) is 8.91. The summed E-state index contributed by atoms with van der Waals surface area (Å²) in [4.78, 5) is 37.1. The topological polar surface area (TPSA) is 94.2 Å². The molecule has 0 fully saturated rings. The zero-order chi connectivity index (χ0) is 22.7. The van der Waals surface area contributed by atoms with Gasteiger partial charge in [-0.05, 0) is 24.6 Å². The van der Waals surface area contributed by atoms with Gasteiger partial charge in [0.25, 0.3) is 5.91 Å². The Labute approximate surface area is 177 Å². The van der Waals surface area contributed by atoms with Crippen LogP contribution in [-0.2, 0) is 11.8 Å². The van der Waals surface area contributed by atoms with E-state index in [1.54, 1.807) is 37.4 Å². The van der Waals surface area contributed by atoms with E-state index in [-0.39, 0.29) is 40.9 Å². The van der Waals surface area contributed by atoms with Crippen molar-refractivity contribution in [2.75, 3.05) is 6.54 Å². The monoisotopic (exact) mass is 425 g/mol. The summed E-state index contributed by atoms with van der Waals surface area (Å²) < 4.78 is 30.6. The number of ketones is 1. The van der Waals surface area contributed by atoms with Gasteiger partial charge in [-0.3, -0.25) is 14.4 Å². The number of aryl methyl sites for hydroxylation is 1. The van der Waals surface area contributed by atoms with Crippen LogP contribution < -0.4 is 11.1 Å². The van der Waals surface area contributed by atoms with Crippen LogP contribution in [0.15, 0.2) is 48.7 Å². The number of nitrogens with two attached hydrogens (primary N) is 1. The zero-order valence-corrected chi connectivity index (χ0v) is 17.0. The second-order valence-corrected chi connectivity index (χ2v) is 7.07. The maximum Gasteiger partial charge on any atom is 0.253 e. The van der Waals surface area contributed by atoms with Gasteiger partial charge in [0.1, 0.15) is 11.6 Å². The van der Waals surface area contributed by atoms with Crippen molar-refractivity contribution in [2.24, 2.45) is 12.8 Å². The van der Waals surface area contributed by atoms with Crippen molar-refractivity contribution < 1.29 is 23.2 Å². The van der Waals surface area contributed by atoms with Crippen LogP contribution in [0.1, 0.15) is 38.4 Å². The molecule has 0 saturated heterocycles. The third-order valence-corrected chi connectivity index (χ3v) is 4.93. The lowest BCUT2D eigenvalue weighted by atomic mass is 9.93. The summed E-state index contributed by atoms with van der Waals surface area (Å²) in [5.41, 5.74) is 5.25. The minimum absolute atomic E-state index is 0.0116. The number of benzene rings is 2. The van der Waals surface area contributed by atoms with Gasteiger partial charge in [-0.15, -0.1) is 0 Å². The van der Waals surface area contributed by atoms with E-state index in [4.69, 9.17) is 5.73 Å². The number of nitrogens with zero attached hydrogens (tertiary/aromatic N) is 1. The number of amides is 2. The van der Waals surface area contributed by atoms with Crippen molar-refractivity contribution in [3.8, 4) is 11.1 Å². The van der Waals surface area contributed by atoms with E-state index >= 15 is 0 Å². The third-order valence-electron chi connectivity index (χ3n) is 4.93. The lowest BCUT2D eigenvalue weighted by Gasteiger charge is -2.13. The molecule has 1 heterocycles. The number of aromatic nitrogens is 1. The molecular weight excluding hydrogens is 404 g/mol. The molecule has 0 spiro atoms. The maximum atomic E-state index is 14.9. The normalized spacial score (nSPS) is 10.7. The molecule has 3 N–H and O–H groups in total. The van der Waals surface area contributed by atoms with E-state index in [0.717, 1.165) is 12.1 Å². The van der Waals surface area contributed by atoms with Gasteiger partial charge in [0.2, 0.25) is 11.7 Å². The van der Waals surface area contributed by atoms with Crippen LogP contribution in [0.25, 0.3) is 11.1 Å². The molecule has 160 valence electrons. The summed E-state index contributed by atoms with van der Waals surface area (Å²) >= 11 is 0. The van der Waals surface area contributed by atoms with Gasteiger partial charge < -0.3 is 15.6 Å². The lowest BCUT2D eigenvalue weighted by Crippen LogP contribution is -2.28. The molecule has 8 heteroatoms. The average molecular weight is 425 g/mol. The number of hydrogen-bond donors (Lipinski definition) is 2. The van der Waals surface area contributed by atoms with Crippen LogP contribution >= 0.6 is 0 Å². The van der Waals surface area contributed by atoms with Crippen molar-refractivity contribution in [1.29, 1.82) is 0 Å². The van der Waals surface area contributed by atoms with Crippen molar-refractivity contribution in [2.45, 2.75) is 13.3 Å². The third kappa shape index (κ3) is 4.37. The number of halogens is 2. The molecule has 0 saturated carbocycles. The van der Waals surface area contributed by atoms with Gasteiger partial charge >= 0.3 is 0 Å². The van der Waals surface area contributed by atoms with Crippen LogP contribution in [0.5, 0.6) is 0 Å². The predicted octanol–water partition coefficient (Wildman–Crippen LogP) is 3.11. The predicted molar refractivity (Wildman–Crippen MR) is 112 cm³/mol. The number of rotatable bonds is 7. The molecule has 2 amide bonds. The van der Waals surface area contributed by atoms with E-state index in [0.29, 0.717) is 5.56 Å². The molecule has 0 aliphatic carbocycles. The molecular formula is C23H21F2N3O3. The standard InChI is InChI=1S/C23H21F2N3O3/c1-13-16(24)8-9-17(25)19(13)20-15(23(31)27-11-10-18(26)29)12-28(2)21(20)22(30)14-6-4-3-5-7-14/h3-9,12H,10-11H2,1-2H3,(H2,26,29)(H,27,31). The number of nitrogens with one attached hydrogen (secondary N) is 1. The highest BCUT2D eigenvalue weighted by Gasteiger charge is 2.29. The Morgan fingerprint density at radius 2 is 1.65 bits per heavy atom. The van der Waals surface area contributed by atoms with Crippen LogP contribution in [0.2, 0.25) is 0 Å². The Morgan fingerprint density at radius 1 is 1.00 bits per heavy atom. The van der Waals surface area contributed by atoms with Gasteiger partial charge in [0.05, 0.1) is 11.3 Å². The Morgan fingerprint density at radius 3 is 2.29 bits per heavy atom. The summed E-state index contributed by atoms with van der Waals surface area (Å²) in [6.07, 6.45) is 1.30. The Bertz CT molecular complexity index is 1170. The van der Waals surface area contributed by atoms with Crippen LogP contribution in [0.3, 0.4) is 0 Å². The van der Waals surface area contributed by atoms with Crippen LogP contribution in [0.4, 0.5) is 8.78 Å². The number of carbonyl (C=O) groups excluding carboxylic acids is 3. The molecule has 1 aromatic heterocycles. The van der Waals surface area contributed by atoms with E-state index in [1.807, 2.05) is 0 Å². The fraction of sp³-hybridized carbons (Fsp3) is 0.174. The highest BCUT2D eigenvalue weighted by atomic mass is 19.1. The Kier molecular flexibility index (Phi) is 6.29. The van der Waals surface area contributed by atoms with Gasteiger partial charge in [-0.1, -0.05) is 30.3 Å². The number of primary amides is 1. The molecule has 0 unspecified atom stereocenters. The summed E-state index contributed by atoms with van der Waals surface area (Å²) in [5, 5.41) is 2.53. The quantitative estimate of drug-likeness (QED) is 0.570. The first-order chi connectivity index (χ1) is 14.7. The van der Waals surface area contributed by atoms with Gasteiger partial charge in [-0.2, -0.15) is 0 Å². The summed E-state index contributed by atoms with van der Waals surface area (Å²) in [5.74, 6) is -3.11. The summed E-state index contributed by atoms with van der Waals surface area (Å²) in [6, 6.07) is 10.2. The molecule has 0 atom stereocenters. The minimum atomic E-state index is -0.765. The van der Waals surface area contributed by atoms with Crippen molar-refractivity contribution >= 4 is 17.6 Å². The molecule has 3 rings (SSSR count). The average Bonchev–Trinajstić information content (AvgIpc) is 3.07. The molecule has 3 aromatic rings. The Hall–Kier alpha value is -3.81. The fourth-order valence-corrected chi connectivity index (χ4v) is 3.41. The fourth-order valence-electron chi connectivity index (χ4n) is 3.41. The van der Waals surface area contributed by atoms with Gasteiger partial charge in [-0.25, -0.2) is 8.78 Å². The molecule has 31 heavy (non-hydrogen) atoms. The highest BCUT2D eigenvalue weighted by molar-refractivity contribution is 6.16. The molecule has 0 aliphatic rings. The maximum absolute atomic E-state index is 14.9. The smallest absolute Gasteiger partial charge is 0.253 e. The first kappa shape index (κ1) is 21.9. The van der Waals surface area contributed by atoms with Gasteiger partial charge in [0, 0.05) is 42.9 Å². The van der Waals surface area contributed by atoms with E-state index in [9.17, 15) is 23.2 Å². The van der Waals surface area contributed by atoms with E-state index in [1.165, 1.54) is 17.7 Å². The van der Waals surface area contributed by atoms with Crippen molar-refractivity contribution in [3.63, 3.8) is 0 Å². The molecule has 6 nitrogen and oxygen atoms in total. The summed E-state index contributed by atoms with van der Waals surface area (Å²) in [7, 11) is 1.55. The van der Waals surface area contributed by atoms with Crippen LogP contribution in [-0.4, -0.2) is 28.7 Å². The number of carbonyl (C=O) groups is 3. The first-order valence-corrected chi connectivity index (χ1v) is 9.53. The molecule has 2 aromatic carbocycles. The van der Waals surface area contributed by atoms with Gasteiger partial charge in [0.15, 0.2) is 0 Å².